The number of aliphatic imine (C=N–C) groups is 4. The number of anilines is 1. The first-order valence-corrected chi connectivity index (χ1v) is 20.3. The van der Waals surface area contributed by atoms with Crippen molar-refractivity contribution in [3.05, 3.63) is 190 Å². The molecule has 5 heterocycles. The molecular formula is C50H38F4N6O3. The van der Waals surface area contributed by atoms with Crippen molar-refractivity contribution in [3.8, 4) is 17.2 Å². The second-order valence-electron chi connectivity index (χ2n) is 15.1. The zero-order valence-corrected chi connectivity index (χ0v) is 33.5. The van der Waals surface area contributed by atoms with Crippen molar-refractivity contribution >= 4 is 50.8 Å². The topological polar surface area (TPSA) is 148 Å². The van der Waals surface area contributed by atoms with Crippen LogP contribution in [0, 0.1) is 23.3 Å². The molecule has 63 heavy (non-hydrogen) atoms. The standard InChI is InChI=1S/C50H38F4N6O3/c51-46-45(50(49(54)48(53)47(46)52)56-23-4-2-1-3-22-55)44-39-20-18-37(59-39)42(28-9-6-12-31(62)25-28)35-16-14-33(57-35)41(27-8-5-11-30(61)24-27)34-15-17-36(58-34)43(38-19-21-40(44)60-38)29-10-7-13-32(63)26-29/h5-21,24-26,56,61-63H,1-4,22-23,55H2. The lowest BCUT2D eigenvalue weighted by atomic mass is 9.95. The lowest BCUT2D eigenvalue weighted by Crippen LogP contribution is -2.15. The molecule has 0 radical (unpaired) electrons. The van der Waals surface area contributed by atoms with E-state index < -0.39 is 34.5 Å². The van der Waals surface area contributed by atoms with Crippen LogP contribution in [-0.4, -0.2) is 51.3 Å². The first-order valence-electron chi connectivity index (χ1n) is 20.3. The smallest absolute Gasteiger partial charge is 0.199 e. The van der Waals surface area contributed by atoms with Crippen LogP contribution in [0.25, 0.3) is 22.3 Å². The Morgan fingerprint density at radius 1 is 0.444 bits per heavy atom. The number of aromatic hydroxyl groups is 3. The van der Waals surface area contributed by atoms with Crippen molar-refractivity contribution in [1.29, 1.82) is 0 Å². The number of halogens is 4. The molecule has 9 nitrogen and oxygen atoms in total. The summed E-state index contributed by atoms with van der Waals surface area (Å²) in [6.45, 7) is 0.607. The number of phenolic OH excluding ortho intramolecular Hbond substituents is 3. The Morgan fingerprint density at radius 2 is 0.825 bits per heavy atom. The molecule has 9 rings (SSSR count). The SMILES string of the molecule is NCCCCCCNc1c(F)c(F)c(F)c(F)c1C1=C2C=CC(=N2)C(c2cccc(O)c2)=C2C=CC(=N2)C(c2cccc(O)c2)=C2C=CC(=N2)C(c2cccc(O)c2)=C2C=CC1=N2. The molecule has 8 bridgehead atoms. The van der Waals surface area contributed by atoms with E-state index in [-0.39, 0.29) is 40.8 Å². The van der Waals surface area contributed by atoms with Crippen LogP contribution in [0.1, 0.15) is 47.9 Å². The van der Waals surface area contributed by atoms with Crippen LogP contribution in [0.2, 0.25) is 0 Å². The van der Waals surface area contributed by atoms with E-state index in [1.165, 1.54) is 24.3 Å². The summed E-state index contributed by atoms with van der Waals surface area (Å²) >= 11 is 0. The molecule has 0 atom stereocenters. The molecular weight excluding hydrogens is 809 g/mol. The molecule has 0 unspecified atom stereocenters. The highest BCUT2D eigenvalue weighted by Crippen LogP contribution is 2.42. The summed E-state index contributed by atoms with van der Waals surface area (Å²) in [5.74, 6) is -7.28. The average Bonchev–Trinajstić information content (AvgIpc) is 4.12. The molecule has 5 aliphatic heterocycles. The van der Waals surface area contributed by atoms with Crippen LogP contribution in [0.15, 0.2) is 164 Å². The second-order valence-corrected chi connectivity index (χ2v) is 15.1. The second kappa shape index (κ2) is 17.0. The van der Waals surface area contributed by atoms with Gasteiger partial charge in [-0.25, -0.2) is 37.5 Å². The number of hydrogen-bond acceptors (Lipinski definition) is 9. The molecule has 6 N–H and O–H groups in total. The van der Waals surface area contributed by atoms with Gasteiger partial charge in [-0.2, -0.15) is 0 Å². The summed E-state index contributed by atoms with van der Waals surface area (Å²) in [7, 11) is 0. The predicted molar refractivity (Wildman–Crippen MR) is 241 cm³/mol. The molecule has 0 aromatic heterocycles. The fourth-order valence-electron chi connectivity index (χ4n) is 8.08. The minimum absolute atomic E-state index is 0.0250. The Balaban J connectivity index is 1.35. The Labute approximate surface area is 359 Å². The number of unbranched alkanes of at least 4 members (excludes halogenated alkanes) is 3. The van der Waals surface area contributed by atoms with Gasteiger partial charge in [0, 0.05) is 28.8 Å². The van der Waals surface area contributed by atoms with E-state index in [2.05, 4.69) is 5.32 Å². The van der Waals surface area contributed by atoms with E-state index in [0.717, 1.165) is 12.8 Å². The summed E-state index contributed by atoms with van der Waals surface area (Å²) in [5, 5.41) is 34.8. The predicted octanol–water partition coefficient (Wildman–Crippen LogP) is 10.3. The maximum Gasteiger partial charge on any atom is 0.199 e. The molecule has 0 aliphatic carbocycles. The van der Waals surface area contributed by atoms with Gasteiger partial charge in [0.2, 0.25) is 0 Å². The fraction of sp³-hybridized carbons (Fsp3) is 0.120. The van der Waals surface area contributed by atoms with Gasteiger partial charge >= 0.3 is 0 Å². The summed E-state index contributed by atoms with van der Waals surface area (Å²) in [4.78, 5) is 20.1. The molecule has 0 saturated carbocycles. The van der Waals surface area contributed by atoms with E-state index in [1.54, 1.807) is 91.1 Å². The van der Waals surface area contributed by atoms with Gasteiger partial charge in [-0.3, -0.25) is 0 Å². The minimum atomic E-state index is -2.01. The third-order valence-electron chi connectivity index (χ3n) is 11.0. The van der Waals surface area contributed by atoms with Gasteiger partial charge in [-0.1, -0.05) is 49.2 Å². The van der Waals surface area contributed by atoms with Crippen molar-refractivity contribution < 1.29 is 32.9 Å². The number of fused-ring (bicyclic) bond motifs is 4. The highest BCUT2D eigenvalue weighted by atomic mass is 19.2. The Hall–Kier alpha value is -7.64. The van der Waals surface area contributed by atoms with E-state index >= 15 is 17.6 Å². The first-order chi connectivity index (χ1) is 30.6. The molecule has 5 aliphatic rings. The number of nitrogens with zero attached hydrogens (tertiary/aromatic N) is 4. The van der Waals surface area contributed by atoms with Crippen LogP contribution in [0.3, 0.4) is 0 Å². The molecule has 314 valence electrons. The van der Waals surface area contributed by atoms with Crippen molar-refractivity contribution in [2.75, 3.05) is 18.4 Å². The number of allylic oxidation sites excluding steroid dienone is 12. The summed E-state index contributed by atoms with van der Waals surface area (Å²) in [6, 6.07) is 19.6. The number of phenols is 3. The molecule has 0 amide bonds. The molecule has 0 spiro atoms. The van der Waals surface area contributed by atoms with E-state index in [0.29, 0.717) is 87.0 Å². The molecule has 4 aromatic rings. The molecule has 0 fully saturated rings. The fourth-order valence-corrected chi connectivity index (χ4v) is 8.08. The number of hydrogen-bond donors (Lipinski definition) is 5. The van der Waals surface area contributed by atoms with Gasteiger partial charge in [0.05, 0.1) is 56.9 Å². The van der Waals surface area contributed by atoms with Crippen LogP contribution in [0.4, 0.5) is 23.2 Å². The lowest BCUT2D eigenvalue weighted by molar-refractivity contribution is 0.409. The molecule has 13 heteroatoms. The van der Waals surface area contributed by atoms with Crippen molar-refractivity contribution in [2.45, 2.75) is 25.7 Å². The Morgan fingerprint density at radius 3 is 1.24 bits per heavy atom. The molecule has 4 aromatic carbocycles. The van der Waals surface area contributed by atoms with Crippen LogP contribution in [0.5, 0.6) is 17.2 Å². The zero-order valence-electron chi connectivity index (χ0n) is 33.5. The summed E-state index contributed by atoms with van der Waals surface area (Å²) < 4.78 is 63.5. The van der Waals surface area contributed by atoms with Crippen LogP contribution < -0.4 is 11.1 Å². The minimum Gasteiger partial charge on any atom is -0.508 e. The van der Waals surface area contributed by atoms with Crippen LogP contribution >= 0.6 is 0 Å². The maximum absolute atomic E-state index is 16.6. The quantitative estimate of drug-likeness (QED) is 0.0441. The highest BCUT2D eigenvalue weighted by molar-refractivity contribution is 6.40. The van der Waals surface area contributed by atoms with Gasteiger partial charge in [0.15, 0.2) is 23.3 Å². The molecule has 0 saturated heterocycles. The van der Waals surface area contributed by atoms with Gasteiger partial charge < -0.3 is 26.4 Å². The van der Waals surface area contributed by atoms with E-state index in [9.17, 15) is 15.3 Å². The average molecular weight is 847 g/mol. The third kappa shape index (κ3) is 7.78. The lowest BCUT2D eigenvalue weighted by Gasteiger charge is -2.19. The van der Waals surface area contributed by atoms with Crippen molar-refractivity contribution in [2.24, 2.45) is 25.7 Å². The summed E-state index contributed by atoms with van der Waals surface area (Å²) in [6.07, 6.45) is 16.3. The number of nitrogens with one attached hydrogen (secondary N) is 1. The summed E-state index contributed by atoms with van der Waals surface area (Å²) in [5.41, 5.74) is 9.89. The number of rotatable bonds is 11. The zero-order chi connectivity index (χ0) is 43.8. The first kappa shape index (κ1) is 40.7. The number of benzene rings is 4. The number of nitrogens with two attached hydrogens (primary N) is 1. The Bertz CT molecular complexity index is 2970. The van der Waals surface area contributed by atoms with Crippen molar-refractivity contribution in [3.63, 3.8) is 0 Å². The van der Waals surface area contributed by atoms with Gasteiger partial charge in [-0.15, -0.1) is 0 Å². The Kier molecular flexibility index (Phi) is 11.0. The highest BCUT2D eigenvalue weighted by Gasteiger charge is 2.33. The largest absolute Gasteiger partial charge is 0.508 e. The van der Waals surface area contributed by atoms with Gasteiger partial charge in [-0.05, 0) is 121 Å². The van der Waals surface area contributed by atoms with E-state index in [1.807, 2.05) is 6.07 Å². The van der Waals surface area contributed by atoms with Gasteiger partial charge in [0.25, 0.3) is 0 Å². The van der Waals surface area contributed by atoms with Gasteiger partial charge in [0.1, 0.15) is 17.2 Å². The van der Waals surface area contributed by atoms with Crippen molar-refractivity contribution in [1.82, 2.24) is 0 Å². The maximum atomic E-state index is 16.6. The van der Waals surface area contributed by atoms with Crippen LogP contribution in [-0.2, 0) is 0 Å². The normalized spacial score (nSPS) is 16.5. The third-order valence-corrected chi connectivity index (χ3v) is 11.0. The van der Waals surface area contributed by atoms with E-state index in [4.69, 9.17) is 25.7 Å². The monoisotopic (exact) mass is 846 g/mol.